The second kappa shape index (κ2) is 8.80. The number of allylic oxidation sites excluding steroid dienone is 6. The molecule has 0 saturated carbocycles. The molecule has 1 heteroatoms. The molecular formula is C24H31N. The van der Waals surface area contributed by atoms with E-state index in [4.69, 9.17) is 4.99 Å². The van der Waals surface area contributed by atoms with Crippen molar-refractivity contribution >= 4 is 11.3 Å². The van der Waals surface area contributed by atoms with Gasteiger partial charge in [-0.15, -0.1) is 0 Å². The SMILES string of the molecule is C=C(CC1=NCC=C(C)C(CCC)=C1/C(C)=C\C)c1ccc(C)cc1. The van der Waals surface area contributed by atoms with E-state index in [1.807, 2.05) is 0 Å². The van der Waals surface area contributed by atoms with Crippen LogP contribution in [0.5, 0.6) is 0 Å². The predicted octanol–water partition coefficient (Wildman–Crippen LogP) is 6.86. The van der Waals surface area contributed by atoms with Crippen molar-refractivity contribution in [2.24, 2.45) is 4.99 Å². The number of aryl methyl sites for hydroxylation is 1. The van der Waals surface area contributed by atoms with Crippen molar-refractivity contribution < 1.29 is 0 Å². The smallest absolute Gasteiger partial charge is 0.0579 e. The molecule has 0 fully saturated rings. The van der Waals surface area contributed by atoms with Crippen molar-refractivity contribution in [3.05, 3.63) is 76.4 Å². The molecule has 0 aliphatic carbocycles. The molecule has 0 spiro atoms. The molecule has 1 aliphatic heterocycles. The predicted molar refractivity (Wildman–Crippen MR) is 112 cm³/mol. The summed E-state index contributed by atoms with van der Waals surface area (Å²) in [4.78, 5) is 4.92. The Morgan fingerprint density at radius 2 is 1.88 bits per heavy atom. The molecule has 132 valence electrons. The average molecular weight is 334 g/mol. The van der Waals surface area contributed by atoms with E-state index < -0.39 is 0 Å². The maximum atomic E-state index is 4.92. The molecule has 1 heterocycles. The van der Waals surface area contributed by atoms with Crippen LogP contribution >= 0.6 is 0 Å². The van der Waals surface area contributed by atoms with Gasteiger partial charge in [-0.25, -0.2) is 0 Å². The first-order valence-electron chi connectivity index (χ1n) is 9.30. The van der Waals surface area contributed by atoms with E-state index in [1.165, 1.54) is 39.1 Å². The third kappa shape index (κ3) is 4.69. The minimum Gasteiger partial charge on any atom is -0.285 e. The van der Waals surface area contributed by atoms with Crippen LogP contribution in [0.3, 0.4) is 0 Å². The van der Waals surface area contributed by atoms with Gasteiger partial charge in [0.15, 0.2) is 0 Å². The Morgan fingerprint density at radius 1 is 1.20 bits per heavy atom. The second-order valence-corrected chi connectivity index (χ2v) is 6.90. The Hall–Kier alpha value is -2.15. The lowest BCUT2D eigenvalue weighted by Crippen LogP contribution is -2.09. The van der Waals surface area contributed by atoms with Crippen LogP contribution in [0.4, 0.5) is 0 Å². The van der Waals surface area contributed by atoms with E-state index in [1.54, 1.807) is 0 Å². The molecular weight excluding hydrogens is 302 g/mol. The Morgan fingerprint density at radius 3 is 2.48 bits per heavy atom. The largest absolute Gasteiger partial charge is 0.285 e. The van der Waals surface area contributed by atoms with Crippen molar-refractivity contribution in [3.8, 4) is 0 Å². The number of nitrogens with zero attached hydrogens (tertiary/aromatic N) is 1. The molecule has 1 aromatic carbocycles. The lowest BCUT2D eigenvalue weighted by molar-refractivity contribution is 0.904. The van der Waals surface area contributed by atoms with Gasteiger partial charge in [0.25, 0.3) is 0 Å². The van der Waals surface area contributed by atoms with Crippen LogP contribution in [0.2, 0.25) is 0 Å². The molecule has 1 nitrogen and oxygen atoms in total. The van der Waals surface area contributed by atoms with Gasteiger partial charge >= 0.3 is 0 Å². The summed E-state index contributed by atoms with van der Waals surface area (Å²) in [5.41, 5.74) is 10.3. The maximum absolute atomic E-state index is 4.92. The zero-order chi connectivity index (χ0) is 18.4. The molecule has 2 rings (SSSR count). The number of aliphatic imine (C=N–C) groups is 1. The minimum absolute atomic E-state index is 0.760. The lowest BCUT2D eigenvalue weighted by atomic mass is 9.87. The standard InChI is InChI=1S/C24H31N/c1-7-9-22-19(5)14-15-25-23(24(22)18(4)8-2)16-20(6)21-12-10-17(3)11-13-21/h8,10-14H,6-7,9,15-16H2,1-5H3/b18-8-. The van der Waals surface area contributed by atoms with Crippen molar-refractivity contribution in [3.63, 3.8) is 0 Å². The van der Waals surface area contributed by atoms with Crippen molar-refractivity contribution in [1.82, 2.24) is 0 Å². The first-order valence-corrected chi connectivity index (χ1v) is 9.30. The molecule has 1 aromatic rings. The molecule has 0 radical (unpaired) electrons. The van der Waals surface area contributed by atoms with Crippen LogP contribution in [-0.2, 0) is 0 Å². The van der Waals surface area contributed by atoms with Crippen molar-refractivity contribution in [2.45, 2.75) is 53.9 Å². The normalized spacial score (nSPS) is 15.6. The molecule has 25 heavy (non-hydrogen) atoms. The van der Waals surface area contributed by atoms with Gasteiger partial charge in [-0.3, -0.25) is 4.99 Å². The zero-order valence-electron chi connectivity index (χ0n) is 16.4. The number of rotatable bonds is 6. The van der Waals surface area contributed by atoms with Crippen LogP contribution in [0, 0.1) is 6.92 Å². The van der Waals surface area contributed by atoms with Gasteiger partial charge in [-0.05, 0) is 62.0 Å². The highest BCUT2D eigenvalue weighted by Gasteiger charge is 2.19. The van der Waals surface area contributed by atoms with Gasteiger partial charge in [0.05, 0.1) is 6.54 Å². The number of benzene rings is 1. The summed E-state index contributed by atoms with van der Waals surface area (Å²) in [6.07, 6.45) is 7.51. The van der Waals surface area contributed by atoms with Crippen LogP contribution in [0.15, 0.2) is 70.3 Å². The quantitative estimate of drug-likeness (QED) is 0.539. The molecule has 1 aliphatic rings. The topological polar surface area (TPSA) is 12.4 Å². The van der Waals surface area contributed by atoms with Crippen LogP contribution in [0.25, 0.3) is 5.57 Å². The van der Waals surface area contributed by atoms with E-state index in [0.717, 1.165) is 31.4 Å². The molecule has 0 unspecified atom stereocenters. The Balaban J connectivity index is 2.41. The summed E-state index contributed by atoms with van der Waals surface area (Å²) in [5, 5.41) is 0. The summed E-state index contributed by atoms with van der Waals surface area (Å²) >= 11 is 0. The summed E-state index contributed by atoms with van der Waals surface area (Å²) < 4.78 is 0. The fourth-order valence-corrected chi connectivity index (χ4v) is 3.29. The highest BCUT2D eigenvalue weighted by Crippen LogP contribution is 2.31. The molecule has 0 saturated heterocycles. The van der Waals surface area contributed by atoms with Gasteiger partial charge < -0.3 is 0 Å². The summed E-state index contributed by atoms with van der Waals surface area (Å²) in [6.45, 7) is 16.0. The maximum Gasteiger partial charge on any atom is 0.0579 e. The first-order chi connectivity index (χ1) is 12.0. The first kappa shape index (κ1) is 19.2. The highest BCUT2D eigenvalue weighted by molar-refractivity contribution is 6.09. The highest BCUT2D eigenvalue weighted by atomic mass is 14.7. The Labute approximate surface area is 153 Å². The van der Waals surface area contributed by atoms with Gasteiger partial charge in [0, 0.05) is 17.7 Å². The van der Waals surface area contributed by atoms with E-state index in [9.17, 15) is 0 Å². The van der Waals surface area contributed by atoms with E-state index >= 15 is 0 Å². The lowest BCUT2D eigenvalue weighted by Gasteiger charge is -2.18. The van der Waals surface area contributed by atoms with Crippen molar-refractivity contribution in [1.29, 1.82) is 0 Å². The third-order valence-electron chi connectivity index (χ3n) is 4.91. The van der Waals surface area contributed by atoms with E-state index in [2.05, 4.69) is 77.6 Å². The number of hydrogen-bond acceptors (Lipinski definition) is 1. The Kier molecular flexibility index (Phi) is 6.75. The Bertz CT molecular complexity index is 752. The van der Waals surface area contributed by atoms with Gasteiger partial charge in [0.2, 0.25) is 0 Å². The third-order valence-corrected chi connectivity index (χ3v) is 4.91. The fraction of sp³-hybridized carbons (Fsp3) is 0.375. The summed E-state index contributed by atoms with van der Waals surface area (Å²) in [7, 11) is 0. The summed E-state index contributed by atoms with van der Waals surface area (Å²) in [6, 6.07) is 8.63. The summed E-state index contributed by atoms with van der Waals surface area (Å²) in [5.74, 6) is 0. The molecule has 0 bridgehead atoms. The van der Waals surface area contributed by atoms with Crippen LogP contribution in [-0.4, -0.2) is 12.3 Å². The van der Waals surface area contributed by atoms with Crippen LogP contribution in [0.1, 0.15) is 58.1 Å². The van der Waals surface area contributed by atoms with Crippen molar-refractivity contribution in [2.75, 3.05) is 6.54 Å². The average Bonchev–Trinajstić information content (AvgIpc) is 2.74. The van der Waals surface area contributed by atoms with Gasteiger partial charge in [0.1, 0.15) is 0 Å². The minimum atomic E-state index is 0.760. The second-order valence-electron chi connectivity index (χ2n) is 6.90. The van der Waals surface area contributed by atoms with E-state index in [0.29, 0.717) is 0 Å². The zero-order valence-corrected chi connectivity index (χ0v) is 16.4. The number of hydrogen-bond donors (Lipinski definition) is 0. The molecule has 0 aromatic heterocycles. The molecule has 0 N–H and O–H groups in total. The van der Waals surface area contributed by atoms with Gasteiger partial charge in [-0.2, -0.15) is 0 Å². The van der Waals surface area contributed by atoms with E-state index in [-0.39, 0.29) is 0 Å². The molecule has 0 amide bonds. The monoisotopic (exact) mass is 333 g/mol. The van der Waals surface area contributed by atoms with Crippen LogP contribution < -0.4 is 0 Å². The van der Waals surface area contributed by atoms with Gasteiger partial charge in [-0.1, -0.05) is 61.9 Å². The molecule has 0 atom stereocenters. The fourth-order valence-electron chi connectivity index (χ4n) is 3.29.